The van der Waals surface area contributed by atoms with Crippen LogP contribution in [-0.4, -0.2) is 16.8 Å². The third-order valence-corrected chi connectivity index (χ3v) is 2.39. The summed E-state index contributed by atoms with van der Waals surface area (Å²) in [6, 6.07) is 1.61. The summed E-state index contributed by atoms with van der Waals surface area (Å²) in [5.41, 5.74) is 4.53. The lowest BCUT2D eigenvalue weighted by atomic mass is 10.3. The van der Waals surface area contributed by atoms with Crippen molar-refractivity contribution >= 4 is 28.5 Å². The maximum atomic E-state index is 13.1. The lowest BCUT2D eigenvalue weighted by Gasteiger charge is -2.06. The molecule has 92 valence electrons. The average Bonchev–Trinajstić information content (AvgIpc) is 2.27. The second-order valence-electron chi connectivity index (χ2n) is 2.92. The van der Waals surface area contributed by atoms with E-state index in [0.717, 1.165) is 17.8 Å². The minimum Gasteiger partial charge on any atom is -0.379 e. The van der Waals surface area contributed by atoms with E-state index in [2.05, 4.69) is 0 Å². The fourth-order valence-corrected chi connectivity index (χ4v) is 1.31. The monoisotopic (exact) mass is 263 g/mol. The van der Waals surface area contributed by atoms with Gasteiger partial charge in [0.25, 0.3) is 0 Å². The van der Waals surface area contributed by atoms with E-state index in [1.807, 2.05) is 5.32 Å². The Hall–Kier alpha value is -1.70. The first kappa shape index (κ1) is 13.4. The van der Waals surface area contributed by atoms with E-state index in [0.29, 0.717) is 6.07 Å². The summed E-state index contributed by atoms with van der Waals surface area (Å²) < 4.78 is 38.5. The number of rotatable bonds is 3. The van der Waals surface area contributed by atoms with E-state index < -0.39 is 29.0 Å². The van der Waals surface area contributed by atoms with Crippen LogP contribution in [0.5, 0.6) is 0 Å². The number of nitrogens with two attached hydrogens (primary N) is 1. The Morgan fingerprint density at radius 2 is 2.00 bits per heavy atom. The number of amides is 1. The molecule has 0 spiro atoms. The van der Waals surface area contributed by atoms with Crippen LogP contribution in [0.2, 0.25) is 0 Å². The third kappa shape index (κ3) is 3.66. The summed E-state index contributed by atoms with van der Waals surface area (Å²) in [6.07, 6.45) is 0. The molecule has 0 unspecified atom stereocenters. The minimum absolute atomic E-state index is 0.215. The zero-order chi connectivity index (χ0) is 13.0. The van der Waals surface area contributed by atoms with Crippen molar-refractivity contribution in [3.05, 3.63) is 29.6 Å². The van der Waals surface area contributed by atoms with E-state index in [4.69, 9.17) is 11.1 Å². The quantitative estimate of drug-likeness (QED) is 0.441. The van der Waals surface area contributed by atoms with Gasteiger partial charge in [-0.05, 0) is 12.1 Å². The molecule has 0 aliphatic rings. The highest BCUT2D eigenvalue weighted by molar-refractivity contribution is 8.14. The van der Waals surface area contributed by atoms with Gasteiger partial charge in [-0.15, -0.1) is 0 Å². The fourth-order valence-electron chi connectivity index (χ4n) is 0.952. The molecule has 4 N–H and O–H groups in total. The molecule has 0 aromatic heterocycles. The molecule has 0 aliphatic carbocycles. The van der Waals surface area contributed by atoms with Gasteiger partial charge in [0.2, 0.25) is 5.91 Å². The second kappa shape index (κ2) is 5.58. The van der Waals surface area contributed by atoms with Crippen LogP contribution in [0.25, 0.3) is 0 Å². The molecule has 0 saturated heterocycles. The summed E-state index contributed by atoms with van der Waals surface area (Å²) in [5.74, 6) is -5.34. The number of carbonyl (C=O) groups is 1. The molecular formula is C9H8F3N3OS. The van der Waals surface area contributed by atoms with E-state index in [1.165, 1.54) is 0 Å². The summed E-state index contributed by atoms with van der Waals surface area (Å²) in [4.78, 5) is 11.2. The summed E-state index contributed by atoms with van der Waals surface area (Å²) in [5, 5.41) is 8.62. The maximum Gasteiger partial charge on any atom is 0.234 e. The van der Waals surface area contributed by atoms with Crippen LogP contribution >= 0.6 is 11.8 Å². The Morgan fingerprint density at radius 3 is 2.59 bits per heavy atom. The number of hydrogen-bond donors (Lipinski definition) is 3. The number of thioether (sulfide) groups is 1. The highest BCUT2D eigenvalue weighted by Crippen LogP contribution is 2.19. The molecule has 0 atom stereocenters. The molecule has 0 radical (unpaired) electrons. The summed E-state index contributed by atoms with van der Waals surface area (Å²) in [7, 11) is 0. The standard InChI is InChI=1S/C9H8F3N3OS/c10-4-1-2-5(8(12)7(4)11)15-6(16)3-17-9(13)14/h1-2H,3H2,(H3,13,14)(H,15,16). The minimum atomic E-state index is -1.65. The van der Waals surface area contributed by atoms with Crippen LogP contribution in [0.1, 0.15) is 0 Å². The largest absolute Gasteiger partial charge is 0.379 e. The van der Waals surface area contributed by atoms with Crippen molar-refractivity contribution in [2.45, 2.75) is 0 Å². The van der Waals surface area contributed by atoms with Gasteiger partial charge >= 0.3 is 0 Å². The molecule has 0 aliphatic heterocycles. The van der Waals surface area contributed by atoms with Crippen LogP contribution in [0.15, 0.2) is 12.1 Å². The van der Waals surface area contributed by atoms with Crippen molar-refractivity contribution in [3.63, 3.8) is 0 Å². The second-order valence-corrected chi connectivity index (χ2v) is 3.94. The highest BCUT2D eigenvalue weighted by atomic mass is 32.2. The molecule has 4 nitrogen and oxygen atoms in total. The number of benzene rings is 1. The number of nitrogens with one attached hydrogen (secondary N) is 2. The molecule has 1 rings (SSSR count). The van der Waals surface area contributed by atoms with Crippen molar-refractivity contribution in [1.82, 2.24) is 0 Å². The first-order chi connectivity index (χ1) is 7.91. The fraction of sp³-hybridized carbons (Fsp3) is 0.111. The smallest absolute Gasteiger partial charge is 0.234 e. The topological polar surface area (TPSA) is 79.0 Å². The van der Waals surface area contributed by atoms with Crippen molar-refractivity contribution in [2.24, 2.45) is 5.73 Å². The van der Waals surface area contributed by atoms with Crippen LogP contribution < -0.4 is 11.1 Å². The zero-order valence-corrected chi connectivity index (χ0v) is 9.21. The van der Waals surface area contributed by atoms with Crippen LogP contribution in [0.4, 0.5) is 18.9 Å². The van der Waals surface area contributed by atoms with Crippen molar-refractivity contribution in [1.29, 1.82) is 5.41 Å². The van der Waals surface area contributed by atoms with Gasteiger partial charge in [0, 0.05) is 0 Å². The van der Waals surface area contributed by atoms with Gasteiger partial charge < -0.3 is 11.1 Å². The van der Waals surface area contributed by atoms with Crippen molar-refractivity contribution < 1.29 is 18.0 Å². The van der Waals surface area contributed by atoms with E-state index in [1.54, 1.807) is 0 Å². The molecule has 17 heavy (non-hydrogen) atoms. The normalized spacial score (nSPS) is 10.1. The molecule has 0 fully saturated rings. The van der Waals surface area contributed by atoms with Gasteiger partial charge in [0.15, 0.2) is 22.6 Å². The Kier molecular flexibility index (Phi) is 4.38. The molecule has 8 heteroatoms. The van der Waals surface area contributed by atoms with E-state index >= 15 is 0 Å². The maximum absolute atomic E-state index is 13.1. The molecule has 1 aromatic rings. The SMILES string of the molecule is N=C(N)SCC(=O)Nc1ccc(F)c(F)c1F. The summed E-state index contributed by atoms with van der Waals surface area (Å²) >= 11 is 0.731. The first-order valence-electron chi connectivity index (χ1n) is 4.32. The highest BCUT2D eigenvalue weighted by Gasteiger charge is 2.15. The molecule has 1 amide bonds. The first-order valence-corrected chi connectivity index (χ1v) is 5.30. The van der Waals surface area contributed by atoms with Gasteiger partial charge in [0.05, 0.1) is 11.4 Å². The van der Waals surface area contributed by atoms with Gasteiger partial charge in [-0.25, -0.2) is 13.2 Å². The van der Waals surface area contributed by atoms with Crippen molar-refractivity contribution in [2.75, 3.05) is 11.1 Å². The van der Waals surface area contributed by atoms with Gasteiger partial charge in [-0.1, -0.05) is 11.8 Å². The Balaban J connectivity index is 2.72. The lowest BCUT2D eigenvalue weighted by Crippen LogP contribution is -2.18. The molecule has 0 bridgehead atoms. The van der Waals surface area contributed by atoms with E-state index in [-0.39, 0.29) is 10.9 Å². The lowest BCUT2D eigenvalue weighted by molar-refractivity contribution is -0.113. The Bertz CT molecular complexity index is 467. The van der Waals surface area contributed by atoms with Gasteiger partial charge in [0.1, 0.15) is 0 Å². The number of carbonyl (C=O) groups excluding carboxylic acids is 1. The number of amidine groups is 1. The summed E-state index contributed by atoms with van der Waals surface area (Å²) in [6.45, 7) is 0. The zero-order valence-electron chi connectivity index (χ0n) is 8.39. The Morgan fingerprint density at radius 1 is 1.35 bits per heavy atom. The molecular weight excluding hydrogens is 255 g/mol. The van der Waals surface area contributed by atoms with Crippen LogP contribution in [0, 0.1) is 22.9 Å². The average molecular weight is 263 g/mol. The van der Waals surface area contributed by atoms with Crippen LogP contribution in [-0.2, 0) is 4.79 Å². The Labute approximate surface area is 98.9 Å². The van der Waals surface area contributed by atoms with Crippen molar-refractivity contribution in [3.8, 4) is 0 Å². The molecule has 0 heterocycles. The molecule has 0 saturated carbocycles. The predicted molar refractivity (Wildman–Crippen MR) is 59.3 cm³/mol. The van der Waals surface area contributed by atoms with E-state index in [9.17, 15) is 18.0 Å². The number of halogens is 3. The van der Waals surface area contributed by atoms with Gasteiger partial charge in [-0.2, -0.15) is 0 Å². The molecule has 1 aromatic carbocycles. The number of hydrogen-bond acceptors (Lipinski definition) is 3. The van der Waals surface area contributed by atoms with Gasteiger partial charge in [-0.3, -0.25) is 10.2 Å². The van der Waals surface area contributed by atoms with Crippen LogP contribution in [0.3, 0.4) is 0 Å². The predicted octanol–water partition coefficient (Wildman–Crippen LogP) is 1.67. The third-order valence-electron chi connectivity index (χ3n) is 1.67. The number of anilines is 1.